The van der Waals surface area contributed by atoms with E-state index in [-0.39, 0.29) is 23.0 Å². The molecule has 2 aromatic rings. The van der Waals surface area contributed by atoms with E-state index in [0.717, 1.165) is 16.9 Å². The van der Waals surface area contributed by atoms with Gasteiger partial charge in [0, 0.05) is 24.0 Å². The van der Waals surface area contributed by atoms with Crippen LogP contribution in [0.2, 0.25) is 5.02 Å². The summed E-state index contributed by atoms with van der Waals surface area (Å²) in [5, 5.41) is 3.25. The van der Waals surface area contributed by atoms with Gasteiger partial charge in [0.05, 0.1) is 0 Å². The maximum atomic E-state index is 11.4. The van der Waals surface area contributed by atoms with Crippen LogP contribution in [-0.2, 0) is 0 Å². The predicted octanol–water partition coefficient (Wildman–Crippen LogP) is 3.16. The first-order chi connectivity index (χ1) is 7.70. The highest BCUT2D eigenvalue weighted by Crippen LogP contribution is 2.20. The van der Waals surface area contributed by atoms with E-state index in [4.69, 9.17) is 11.6 Å². The third-order valence-corrected chi connectivity index (χ3v) is 2.62. The molecule has 0 saturated carbocycles. The van der Waals surface area contributed by atoms with Crippen molar-refractivity contribution >= 4 is 29.7 Å². The van der Waals surface area contributed by atoms with Crippen molar-refractivity contribution in [1.29, 1.82) is 0 Å². The Morgan fingerprint density at radius 1 is 1.24 bits per heavy atom. The van der Waals surface area contributed by atoms with E-state index in [1.807, 2.05) is 31.3 Å². The first-order valence-corrected chi connectivity index (χ1v) is 5.25. The zero-order valence-corrected chi connectivity index (χ0v) is 10.7. The Kier molecular flexibility index (Phi) is 4.61. The SMILES string of the molecule is CNc1cccc(-c2ccc(Cl)c(=O)[nH]2)c1.Cl. The van der Waals surface area contributed by atoms with Crippen molar-refractivity contribution in [3.05, 3.63) is 51.8 Å². The molecule has 2 rings (SSSR count). The number of aromatic nitrogens is 1. The topological polar surface area (TPSA) is 44.9 Å². The maximum absolute atomic E-state index is 11.4. The Morgan fingerprint density at radius 2 is 2.00 bits per heavy atom. The van der Waals surface area contributed by atoms with E-state index in [1.54, 1.807) is 12.1 Å². The second-order valence-electron chi connectivity index (χ2n) is 3.38. The van der Waals surface area contributed by atoms with Gasteiger partial charge in [-0.1, -0.05) is 23.7 Å². The molecule has 5 heteroatoms. The number of halogens is 2. The zero-order valence-electron chi connectivity index (χ0n) is 9.16. The van der Waals surface area contributed by atoms with Gasteiger partial charge in [-0.2, -0.15) is 0 Å². The molecule has 0 fully saturated rings. The molecule has 1 aromatic heterocycles. The largest absolute Gasteiger partial charge is 0.388 e. The lowest BCUT2D eigenvalue weighted by atomic mass is 10.1. The van der Waals surface area contributed by atoms with Gasteiger partial charge in [0.1, 0.15) is 5.02 Å². The van der Waals surface area contributed by atoms with Gasteiger partial charge >= 0.3 is 0 Å². The third-order valence-electron chi connectivity index (χ3n) is 2.32. The number of H-pyrrole nitrogens is 1. The van der Waals surface area contributed by atoms with E-state index in [0.29, 0.717) is 0 Å². The summed E-state index contributed by atoms with van der Waals surface area (Å²) in [7, 11) is 1.85. The highest BCUT2D eigenvalue weighted by molar-refractivity contribution is 6.30. The molecule has 0 amide bonds. The minimum Gasteiger partial charge on any atom is -0.388 e. The summed E-state index contributed by atoms with van der Waals surface area (Å²) in [4.78, 5) is 14.1. The summed E-state index contributed by atoms with van der Waals surface area (Å²) in [5.74, 6) is 0. The molecular formula is C12H12Cl2N2O. The maximum Gasteiger partial charge on any atom is 0.267 e. The Hall–Kier alpha value is -1.45. The fourth-order valence-corrected chi connectivity index (χ4v) is 1.58. The molecule has 0 atom stereocenters. The van der Waals surface area contributed by atoms with E-state index >= 15 is 0 Å². The number of aromatic amines is 1. The van der Waals surface area contributed by atoms with Crippen LogP contribution in [-0.4, -0.2) is 12.0 Å². The Morgan fingerprint density at radius 3 is 2.65 bits per heavy atom. The number of benzene rings is 1. The summed E-state index contributed by atoms with van der Waals surface area (Å²) < 4.78 is 0. The van der Waals surface area contributed by atoms with Gasteiger partial charge in [0.15, 0.2) is 0 Å². The van der Waals surface area contributed by atoms with Gasteiger partial charge in [0.25, 0.3) is 5.56 Å². The Labute approximate surface area is 110 Å². The molecule has 90 valence electrons. The summed E-state index contributed by atoms with van der Waals surface area (Å²) in [6.45, 7) is 0. The summed E-state index contributed by atoms with van der Waals surface area (Å²) >= 11 is 5.67. The summed E-state index contributed by atoms with van der Waals surface area (Å²) in [5.41, 5.74) is 2.43. The monoisotopic (exact) mass is 270 g/mol. The molecule has 0 saturated heterocycles. The van der Waals surface area contributed by atoms with Crippen molar-refractivity contribution in [3.63, 3.8) is 0 Å². The molecule has 0 aliphatic carbocycles. The van der Waals surface area contributed by atoms with Gasteiger partial charge in [-0.25, -0.2) is 0 Å². The van der Waals surface area contributed by atoms with Gasteiger partial charge in [0.2, 0.25) is 0 Å². The summed E-state index contributed by atoms with van der Waals surface area (Å²) in [6, 6.07) is 11.2. The van der Waals surface area contributed by atoms with Crippen molar-refractivity contribution in [2.24, 2.45) is 0 Å². The third kappa shape index (κ3) is 3.02. The Bertz CT molecular complexity index is 566. The van der Waals surface area contributed by atoms with Crippen LogP contribution in [0.25, 0.3) is 11.3 Å². The smallest absolute Gasteiger partial charge is 0.267 e. The predicted molar refractivity (Wildman–Crippen MR) is 74.3 cm³/mol. The molecule has 0 unspecified atom stereocenters. The van der Waals surface area contributed by atoms with Crippen LogP contribution in [0.1, 0.15) is 0 Å². The summed E-state index contributed by atoms with van der Waals surface area (Å²) in [6.07, 6.45) is 0. The fraction of sp³-hybridized carbons (Fsp3) is 0.0833. The molecule has 3 nitrogen and oxygen atoms in total. The number of nitrogens with one attached hydrogen (secondary N) is 2. The van der Waals surface area contributed by atoms with Crippen LogP contribution in [0, 0.1) is 0 Å². The average molecular weight is 271 g/mol. The highest BCUT2D eigenvalue weighted by atomic mass is 35.5. The molecule has 0 aliphatic heterocycles. The lowest BCUT2D eigenvalue weighted by molar-refractivity contribution is 1.24. The quantitative estimate of drug-likeness (QED) is 0.881. The number of hydrogen-bond acceptors (Lipinski definition) is 2. The lowest BCUT2D eigenvalue weighted by Crippen LogP contribution is -2.06. The number of pyridine rings is 1. The first kappa shape index (κ1) is 13.6. The van der Waals surface area contributed by atoms with E-state index in [2.05, 4.69) is 10.3 Å². The molecular weight excluding hydrogens is 259 g/mol. The molecule has 0 radical (unpaired) electrons. The first-order valence-electron chi connectivity index (χ1n) is 4.88. The molecule has 1 heterocycles. The van der Waals surface area contributed by atoms with Crippen molar-refractivity contribution in [1.82, 2.24) is 4.98 Å². The molecule has 0 spiro atoms. The van der Waals surface area contributed by atoms with Crippen molar-refractivity contribution < 1.29 is 0 Å². The van der Waals surface area contributed by atoms with Crippen molar-refractivity contribution in [3.8, 4) is 11.3 Å². The standard InChI is InChI=1S/C12H11ClN2O.ClH/c1-14-9-4-2-3-8(7-9)11-6-5-10(13)12(16)15-11;/h2-7,14H,1H3,(H,15,16);1H. The van der Waals surface area contributed by atoms with Crippen LogP contribution in [0.15, 0.2) is 41.2 Å². The van der Waals surface area contributed by atoms with Gasteiger partial charge < -0.3 is 10.3 Å². The second-order valence-corrected chi connectivity index (χ2v) is 3.79. The number of hydrogen-bond donors (Lipinski definition) is 2. The molecule has 17 heavy (non-hydrogen) atoms. The van der Waals surface area contributed by atoms with Crippen LogP contribution in [0.3, 0.4) is 0 Å². The van der Waals surface area contributed by atoms with Crippen LogP contribution in [0.4, 0.5) is 5.69 Å². The minimum absolute atomic E-state index is 0. The normalized spacial score (nSPS) is 9.53. The highest BCUT2D eigenvalue weighted by Gasteiger charge is 2.01. The molecule has 1 aromatic carbocycles. The van der Waals surface area contributed by atoms with Crippen LogP contribution in [0.5, 0.6) is 0 Å². The van der Waals surface area contributed by atoms with E-state index < -0.39 is 0 Å². The number of rotatable bonds is 2. The van der Waals surface area contributed by atoms with Crippen LogP contribution >= 0.6 is 24.0 Å². The van der Waals surface area contributed by atoms with Gasteiger partial charge in [-0.05, 0) is 24.3 Å². The van der Waals surface area contributed by atoms with Crippen LogP contribution < -0.4 is 10.9 Å². The molecule has 0 bridgehead atoms. The van der Waals surface area contributed by atoms with Gasteiger partial charge in [-0.3, -0.25) is 4.79 Å². The van der Waals surface area contributed by atoms with Gasteiger partial charge in [-0.15, -0.1) is 12.4 Å². The lowest BCUT2D eigenvalue weighted by Gasteiger charge is -2.04. The molecule has 0 aliphatic rings. The fourth-order valence-electron chi connectivity index (χ4n) is 1.47. The second kappa shape index (κ2) is 5.75. The average Bonchev–Trinajstić information content (AvgIpc) is 2.33. The zero-order chi connectivity index (χ0) is 11.5. The van der Waals surface area contributed by atoms with Crippen molar-refractivity contribution in [2.45, 2.75) is 0 Å². The Balaban J connectivity index is 0.00000144. The van der Waals surface area contributed by atoms with Crippen molar-refractivity contribution in [2.75, 3.05) is 12.4 Å². The molecule has 2 N–H and O–H groups in total. The minimum atomic E-state index is -0.269. The van der Waals surface area contributed by atoms with E-state index in [1.165, 1.54) is 0 Å². The number of anilines is 1. The van der Waals surface area contributed by atoms with E-state index in [9.17, 15) is 4.79 Å².